The van der Waals surface area contributed by atoms with Gasteiger partial charge in [0.05, 0.1) is 0 Å². The molecule has 1 fully saturated rings. The van der Waals surface area contributed by atoms with Crippen LogP contribution in [0.5, 0.6) is 0 Å². The van der Waals surface area contributed by atoms with Gasteiger partial charge in [0.25, 0.3) is 0 Å². The average Bonchev–Trinajstić information content (AvgIpc) is 2.91. The number of rotatable bonds is 5. The van der Waals surface area contributed by atoms with Crippen molar-refractivity contribution in [3.63, 3.8) is 0 Å². The normalized spacial score (nSPS) is 17.9. The van der Waals surface area contributed by atoms with Crippen LogP contribution in [0.3, 0.4) is 0 Å². The lowest BCUT2D eigenvalue weighted by molar-refractivity contribution is 0.405. The van der Waals surface area contributed by atoms with Crippen molar-refractivity contribution in [3.8, 4) is 0 Å². The van der Waals surface area contributed by atoms with Crippen molar-refractivity contribution in [1.29, 1.82) is 0 Å². The third-order valence-corrected chi connectivity index (χ3v) is 4.35. The van der Waals surface area contributed by atoms with Crippen LogP contribution in [0.15, 0.2) is 12.1 Å². The Morgan fingerprint density at radius 1 is 1.26 bits per heavy atom. The predicted octanol–water partition coefficient (Wildman–Crippen LogP) is 4.50. The van der Waals surface area contributed by atoms with E-state index < -0.39 is 11.6 Å². The van der Waals surface area contributed by atoms with E-state index in [0.29, 0.717) is 5.56 Å². The third-order valence-electron chi connectivity index (χ3n) is 4.35. The van der Waals surface area contributed by atoms with E-state index in [1.807, 2.05) is 0 Å². The van der Waals surface area contributed by atoms with E-state index in [0.717, 1.165) is 18.8 Å². The average molecular weight is 267 g/mol. The SMILES string of the molecule is CNC(CCC1CCCC1)c1c(F)ccc(C)c1F. The van der Waals surface area contributed by atoms with Gasteiger partial charge in [-0.1, -0.05) is 31.7 Å². The Labute approximate surface area is 114 Å². The minimum atomic E-state index is -0.436. The number of aryl methyl sites for hydroxylation is 1. The Hall–Kier alpha value is -0.960. The molecule has 0 heterocycles. The van der Waals surface area contributed by atoms with Gasteiger partial charge in [-0.2, -0.15) is 0 Å². The van der Waals surface area contributed by atoms with Gasteiger partial charge < -0.3 is 5.32 Å². The smallest absolute Gasteiger partial charge is 0.133 e. The first kappa shape index (κ1) is 14.4. The highest BCUT2D eigenvalue weighted by Gasteiger charge is 2.22. The molecule has 19 heavy (non-hydrogen) atoms. The minimum Gasteiger partial charge on any atom is -0.313 e. The topological polar surface area (TPSA) is 12.0 Å². The van der Waals surface area contributed by atoms with E-state index in [9.17, 15) is 8.78 Å². The zero-order valence-electron chi connectivity index (χ0n) is 11.8. The highest BCUT2D eigenvalue weighted by molar-refractivity contribution is 5.29. The molecule has 0 spiro atoms. The quantitative estimate of drug-likeness (QED) is 0.828. The molecule has 0 saturated heterocycles. The molecular weight excluding hydrogens is 244 g/mol. The molecule has 0 amide bonds. The van der Waals surface area contributed by atoms with Gasteiger partial charge in [-0.25, -0.2) is 8.78 Å². The lowest BCUT2D eigenvalue weighted by Gasteiger charge is -2.20. The van der Waals surface area contributed by atoms with Crippen molar-refractivity contribution < 1.29 is 8.78 Å². The molecule has 1 N–H and O–H groups in total. The van der Waals surface area contributed by atoms with Gasteiger partial charge in [0.15, 0.2) is 0 Å². The van der Waals surface area contributed by atoms with Gasteiger partial charge in [-0.15, -0.1) is 0 Å². The third kappa shape index (κ3) is 3.33. The van der Waals surface area contributed by atoms with E-state index in [-0.39, 0.29) is 11.6 Å². The van der Waals surface area contributed by atoms with Crippen LogP contribution in [0, 0.1) is 24.5 Å². The monoisotopic (exact) mass is 267 g/mol. The first-order valence-corrected chi connectivity index (χ1v) is 7.25. The van der Waals surface area contributed by atoms with Crippen LogP contribution in [-0.2, 0) is 0 Å². The number of hydrogen-bond acceptors (Lipinski definition) is 1. The molecule has 1 aliphatic rings. The maximum atomic E-state index is 14.1. The van der Waals surface area contributed by atoms with Crippen LogP contribution in [-0.4, -0.2) is 7.05 Å². The fourth-order valence-electron chi connectivity index (χ4n) is 3.13. The van der Waals surface area contributed by atoms with Crippen LogP contribution in [0.1, 0.15) is 55.7 Å². The molecule has 3 heteroatoms. The van der Waals surface area contributed by atoms with Gasteiger partial charge in [0, 0.05) is 11.6 Å². The second-order valence-electron chi connectivity index (χ2n) is 5.66. The number of hydrogen-bond donors (Lipinski definition) is 1. The Morgan fingerprint density at radius 2 is 1.95 bits per heavy atom. The molecule has 1 nitrogen and oxygen atoms in total. The van der Waals surface area contributed by atoms with Crippen LogP contribution in [0.25, 0.3) is 0 Å². The van der Waals surface area contributed by atoms with Crippen LogP contribution in [0.2, 0.25) is 0 Å². The summed E-state index contributed by atoms with van der Waals surface area (Å²) in [6, 6.07) is 2.64. The Balaban J connectivity index is 2.10. The van der Waals surface area contributed by atoms with E-state index >= 15 is 0 Å². The molecule has 2 rings (SSSR count). The first-order valence-electron chi connectivity index (χ1n) is 7.25. The molecule has 1 aliphatic carbocycles. The van der Waals surface area contributed by atoms with Crippen LogP contribution in [0.4, 0.5) is 8.78 Å². The van der Waals surface area contributed by atoms with Gasteiger partial charge >= 0.3 is 0 Å². The fourth-order valence-corrected chi connectivity index (χ4v) is 3.13. The van der Waals surface area contributed by atoms with Crippen molar-refractivity contribution in [2.75, 3.05) is 7.05 Å². The molecule has 1 saturated carbocycles. The second kappa shape index (κ2) is 6.47. The van der Waals surface area contributed by atoms with Gasteiger partial charge in [0.1, 0.15) is 11.6 Å². The summed E-state index contributed by atoms with van der Waals surface area (Å²) in [5, 5.41) is 3.07. The van der Waals surface area contributed by atoms with E-state index in [2.05, 4.69) is 5.32 Å². The lowest BCUT2D eigenvalue weighted by Crippen LogP contribution is -2.20. The number of nitrogens with one attached hydrogen (secondary N) is 1. The highest BCUT2D eigenvalue weighted by atomic mass is 19.1. The molecule has 1 atom stereocenters. The largest absolute Gasteiger partial charge is 0.313 e. The van der Waals surface area contributed by atoms with Gasteiger partial charge in [0.2, 0.25) is 0 Å². The van der Waals surface area contributed by atoms with Crippen LogP contribution < -0.4 is 5.32 Å². The first-order chi connectivity index (χ1) is 9.13. The van der Waals surface area contributed by atoms with Gasteiger partial charge in [-0.3, -0.25) is 0 Å². The zero-order valence-corrected chi connectivity index (χ0v) is 11.8. The summed E-state index contributed by atoms with van der Waals surface area (Å²) in [4.78, 5) is 0. The molecule has 1 unspecified atom stereocenters. The minimum absolute atomic E-state index is 0.209. The summed E-state index contributed by atoms with van der Waals surface area (Å²) >= 11 is 0. The molecule has 0 radical (unpaired) electrons. The zero-order chi connectivity index (χ0) is 13.8. The number of halogens is 2. The standard InChI is InChI=1S/C16H23F2N/c1-11-7-9-13(17)15(16(11)18)14(19-2)10-8-12-5-3-4-6-12/h7,9,12,14,19H,3-6,8,10H2,1-2H3. The van der Waals surface area contributed by atoms with Crippen molar-refractivity contribution in [2.24, 2.45) is 5.92 Å². The van der Waals surface area contributed by atoms with Crippen molar-refractivity contribution >= 4 is 0 Å². The molecule has 0 bridgehead atoms. The summed E-state index contributed by atoms with van der Waals surface area (Å²) in [6.07, 6.45) is 7.02. The van der Waals surface area contributed by atoms with E-state index in [1.165, 1.54) is 37.8 Å². The van der Waals surface area contributed by atoms with Crippen molar-refractivity contribution in [1.82, 2.24) is 5.32 Å². The Bertz CT molecular complexity index is 425. The molecule has 0 aromatic heterocycles. The van der Waals surface area contributed by atoms with E-state index in [1.54, 1.807) is 14.0 Å². The highest BCUT2D eigenvalue weighted by Crippen LogP contribution is 2.33. The Morgan fingerprint density at radius 3 is 2.58 bits per heavy atom. The summed E-state index contributed by atoms with van der Waals surface area (Å²) in [5.74, 6) is -0.0913. The molecule has 1 aromatic carbocycles. The van der Waals surface area contributed by atoms with Gasteiger partial charge in [-0.05, 0) is 44.4 Å². The molecular formula is C16H23F2N. The molecule has 0 aliphatic heterocycles. The maximum absolute atomic E-state index is 14.1. The summed E-state index contributed by atoms with van der Waals surface area (Å²) in [5.41, 5.74) is 0.720. The predicted molar refractivity (Wildman–Crippen MR) is 74.1 cm³/mol. The molecule has 1 aromatic rings. The fraction of sp³-hybridized carbons (Fsp3) is 0.625. The van der Waals surface area contributed by atoms with Crippen molar-refractivity contribution in [3.05, 3.63) is 34.9 Å². The number of benzene rings is 1. The summed E-state index contributed by atoms with van der Waals surface area (Å²) in [7, 11) is 1.78. The maximum Gasteiger partial charge on any atom is 0.133 e. The Kier molecular flexibility index (Phi) is 4.92. The van der Waals surface area contributed by atoms with Crippen molar-refractivity contribution in [2.45, 2.75) is 51.5 Å². The van der Waals surface area contributed by atoms with Crippen LogP contribution >= 0.6 is 0 Å². The lowest BCUT2D eigenvalue weighted by atomic mass is 9.93. The summed E-state index contributed by atoms with van der Waals surface area (Å²) < 4.78 is 28.0. The van der Waals surface area contributed by atoms with E-state index in [4.69, 9.17) is 0 Å². The molecule has 106 valence electrons. The second-order valence-corrected chi connectivity index (χ2v) is 5.66. The summed E-state index contributed by atoms with van der Waals surface area (Å²) in [6.45, 7) is 1.68.